The van der Waals surface area contributed by atoms with Gasteiger partial charge in [-0.1, -0.05) is 0 Å². The molecule has 51 valence electrons. The Morgan fingerprint density at radius 2 is 2.00 bits per heavy atom. The van der Waals surface area contributed by atoms with Gasteiger partial charge in [-0.2, -0.15) is 0 Å². The lowest BCUT2D eigenvalue weighted by atomic mass is 10.2. The number of aliphatic hydroxyl groups excluding tert-OH is 2. The normalized spacial score (nSPS) is 16.3. The lowest BCUT2D eigenvalue weighted by Gasteiger charge is -2.03. The largest absolute Gasteiger partial charge is 0.382 e. The number of carbonyl (C=O) groups is 1. The molecule has 4 nitrogen and oxygen atoms in total. The van der Waals surface area contributed by atoms with Gasteiger partial charge in [0, 0.05) is 0 Å². The monoisotopic (exact) mass is 151 g/mol. The first-order valence-electron chi connectivity index (χ1n) is 2.02. The fourth-order valence-electron chi connectivity index (χ4n) is 0.189. The minimum atomic E-state index is -1.86. The summed E-state index contributed by atoms with van der Waals surface area (Å²) < 4.78 is 0. The van der Waals surface area contributed by atoms with E-state index in [9.17, 15) is 9.59 Å². The molecule has 0 heterocycles. The van der Waals surface area contributed by atoms with Gasteiger partial charge in [-0.3, -0.25) is 9.59 Å². The van der Waals surface area contributed by atoms with Gasteiger partial charge in [0.1, 0.15) is 0 Å². The van der Waals surface area contributed by atoms with Crippen molar-refractivity contribution in [3.63, 3.8) is 0 Å². The van der Waals surface area contributed by atoms with Crippen molar-refractivity contribution in [1.29, 1.82) is 0 Å². The van der Waals surface area contributed by atoms with Gasteiger partial charge in [0.2, 0.25) is 6.29 Å². The maximum Gasteiger partial charge on any atom is 0.253 e. The minimum absolute atomic E-state index is 0.996. The molecule has 2 unspecified atom stereocenters. The molecule has 0 spiro atoms. The minimum Gasteiger partial charge on any atom is -0.382 e. The van der Waals surface area contributed by atoms with Gasteiger partial charge in [0.25, 0.3) is 5.24 Å². The Bertz CT molecular complexity index is 124. The van der Waals surface area contributed by atoms with Crippen LogP contribution >= 0.6 is 11.6 Å². The molecule has 0 aliphatic carbocycles. The van der Waals surface area contributed by atoms with Crippen molar-refractivity contribution < 1.29 is 19.8 Å². The number of halogens is 1. The van der Waals surface area contributed by atoms with Gasteiger partial charge in [-0.05, 0) is 11.6 Å². The quantitative estimate of drug-likeness (QED) is 0.486. The zero-order valence-electron chi connectivity index (χ0n) is 4.24. The number of hydrogen-bond donors (Lipinski definition) is 2. The molecule has 0 bridgehead atoms. The van der Waals surface area contributed by atoms with Crippen LogP contribution in [0.25, 0.3) is 0 Å². The van der Waals surface area contributed by atoms with Crippen LogP contribution < -0.4 is 0 Å². The van der Waals surface area contributed by atoms with Crippen LogP contribution in [0.2, 0.25) is 0 Å². The molecule has 0 aliphatic heterocycles. The lowest BCUT2D eigenvalue weighted by molar-refractivity contribution is -0.122. The Morgan fingerprint density at radius 3 is 2.11 bits per heavy atom. The Kier molecular flexibility index (Phi) is 3.37. The first-order chi connectivity index (χ1) is 4.09. The molecule has 0 rings (SSSR count). The van der Waals surface area contributed by atoms with Gasteiger partial charge in [0.05, 0.1) is 0 Å². The number of rotatable bonds is 3. The number of carbonyl (C=O) groups excluding carboxylic acids is 2. The fraction of sp³-hybridized carbons (Fsp3) is 0.500. The second-order valence-electron chi connectivity index (χ2n) is 1.31. The van der Waals surface area contributed by atoms with Crippen LogP contribution in [0.15, 0.2) is 0 Å². The summed E-state index contributed by atoms with van der Waals surface area (Å²) in [4.78, 5) is 19.4. The number of aliphatic hydroxyl groups is 2. The predicted molar refractivity (Wildman–Crippen MR) is 28.6 cm³/mol. The van der Waals surface area contributed by atoms with E-state index in [1.165, 1.54) is 0 Å². The first-order valence-corrected chi connectivity index (χ1v) is 2.40. The van der Waals surface area contributed by atoms with E-state index >= 15 is 0 Å². The smallest absolute Gasteiger partial charge is 0.253 e. The van der Waals surface area contributed by atoms with Gasteiger partial charge < -0.3 is 10.2 Å². The van der Waals surface area contributed by atoms with Crippen LogP contribution in [-0.4, -0.2) is 33.9 Å². The van der Waals surface area contributed by atoms with Gasteiger partial charge >= 0.3 is 0 Å². The van der Waals surface area contributed by atoms with Crippen LogP contribution in [0.5, 0.6) is 0 Å². The summed E-state index contributed by atoms with van der Waals surface area (Å²) >= 11 is 4.67. The molecule has 2 N–H and O–H groups in total. The highest BCUT2D eigenvalue weighted by atomic mass is 35.5. The summed E-state index contributed by atoms with van der Waals surface area (Å²) in [6, 6.07) is 0. The fourth-order valence-corrected chi connectivity index (χ4v) is 0.308. The van der Waals surface area contributed by atoms with E-state index in [0.29, 0.717) is 0 Å². The van der Waals surface area contributed by atoms with E-state index in [1.807, 2.05) is 0 Å². The van der Waals surface area contributed by atoms with Crippen LogP contribution in [-0.2, 0) is 9.59 Å². The Hall–Kier alpha value is -0.450. The van der Waals surface area contributed by atoms with Crippen molar-refractivity contribution in [3.05, 3.63) is 0 Å². The van der Waals surface area contributed by atoms with Crippen molar-refractivity contribution in [1.82, 2.24) is 0 Å². The standard InChI is InChI=1S/C4H4ClO4/c5-4(9)3(8)2(7)1-6/h2-3,7-8H. The van der Waals surface area contributed by atoms with Crippen molar-refractivity contribution in [2.24, 2.45) is 0 Å². The molecule has 5 heteroatoms. The molecular formula is C4H4ClO4. The van der Waals surface area contributed by atoms with Crippen LogP contribution in [0.1, 0.15) is 0 Å². The lowest BCUT2D eigenvalue weighted by Crippen LogP contribution is -2.31. The van der Waals surface area contributed by atoms with E-state index < -0.39 is 17.5 Å². The Morgan fingerprint density at radius 1 is 1.56 bits per heavy atom. The molecule has 0 saturated carbocycles. The molecule has 0 aromatic rings. The predicted octanol–water partition coefficient (Wildman–Crippen LogP) is -1.42. The van der Waals surface area contributed by atoms with Gasteiger partial charge in [0.15, 0.2) is 12.2 Å². The Balaban J connectivity index is 3.86. The highest BCUT2D eigenvalue weighted by molar-refractivity contribution is 6.64. The van der Waals surface area contributed by atoms with E-state index in [0.717, 1.165) is 6.29 Å². The van der Waals surface area contributed by atoms with E-state index in [2.05, 4.69) is 11.6 Å². The van der Waals surface area contributed by atoms with Gasteiger partial charge in [-0.25, -0.2) is 0 Å². The second-order valence-corrected chi connectivity index (χ2v) is 1.68. The number of hydrogen-bond acceptors (Lipinski definition) is 4. The molecule has 2 atom stereocenters. The average Bonchev–Trinajstić information content (AvgIpc) is 1.84. The molecule has 1 radical (unpaired) electrons. The van der Waals surface area contributed by atoms with Crippen molar-refractivity contribution in [2.45, 2.75) is 12.2 Å². The molecule has 0 aliphatic rings. The maximum absolute atomic E-state index is 9.92. The van der Waals surface area contributed by atoms with E-state index in [1.54, 1.807) is 0 Å². The summed E-state index contributed by atoms with van der Waals surface area (Å²) in [5.41, 5.74) is 0. The molecule has 9 heavy (non-hydrogen) atoms. The molecule has 0 amide bonds. The zero-order chi connectivity index (χ0) is 7.44. The molecular weight excluding hydrogens is 147 g/mol. The molecule has 0 saturated heterocycles. The molecule has 0 aromatic heterocycles. The SMILES string of the molecule is O=[C]C(O)C(O)C(=O)Cl. The van der Waals surface area contributed by atoms with E-state index in [4.69, 9.17) is 10.2 Å². The molecule has 0 fully saturated rings. The maximum atomic E-state index is 9.92. The summed E-state index contributed by atoms with van der Waals surface area (Å²) in [6.45, 7) is 0. The summed E-state index contributed by atoms with van der Waals surface area (Å²) in [6.07, 6.45) is -2.70. The summed E-state index contributed by atoms with van der Waals surface area (Å²) in [7, 11) is 0. The topological polar surface area (TPSA) is 74.6 Å². The molecule has 0 aromatic carbocycles. The van der Waals surface area contributed by atoms with Crippen molar-refractivity contribution in [2.75, 3.05) is 0 Å². The first kappa shape index (κ1) is 8.55. The highest BCUT2D eigenvalue weighted by Crippen LogP contribution is 1.94. The average molecular weight is 152 g/mol. The Labute approximate surface area is 56.0 Å². The summed E-state index contributed by atoms with van der Waals surface area (Å²) in [5, 5.41) is 15.5. The second kappa shape index (κ2) is 3.55. The summed E-state index contributed by atoms with van der Waals surface area (Å²) in [5.74, 6) is 0. The third-order valence-electron chi connectivity index (χ3n) is 0.652. The van der Waals surface area contributed by atoms with Crippen molar-refractivity contribution >= 4 is 23.1 Å². The third-order valence-corrected chi connectivity index (χ3v) is 0.876. The van der Waals surface area contributed by atoms with Gasteiger partial charge in [-0.15, -0.1) is 0 Å². The highest BCUT2D eigenvalue weighted by Gasteiger charge is 2.21. The zero-order valence-corrected chi connectivity index (χ0v) is 5.00. The van der Waals surface area contributed by atoms with Crippen LogP contribution in [0.4, 0.5) is 0 Å². The third kappa shape index (κ3) is 2.55. The van der Waals surface area contributed by atoms with E-state index in [-0.39, 0.29) is 0 Å². The van der Waals surface area contributed by atoms with Crippen LogP contribution in [0, 0.1) is 0 Å². The van der Waals surface area contributed by atoms with Crippen LogP contribution in [0.3, 0.4) is 0 Å². The van der Waals surface area contributed by atoms with Crippen molar-refractivity contribution in [3.8, 4) is 0 Å².